The Bertz CT molecular complexity index is 307. The van der Waals surface area contributed by atoms with Crippen molar-refractivity contribution in [3.05, 3.63) is 17.5 Å². The molecule has 0 radical (unpaired) electrons. The summed E-state index contributed by atoms with van der Waals surface area (Å²) >= 11 is 0. The lowest BCUT2D eigenvalue weighted by Crippen LogP contribution is -2.34. The number of carboxylic acid groups (broad SMARTS) is 1. The first-order valence-corrected chi connectivity index (χ1v) is 3.67. The minimum absolute atomic E-state index is 0.397. The highest BCUT2D eigenvalue weighted by molar-refractivity contribution is 5.65. The highest BCUT2D eigenvalue weighted by Gasteiger charge is 2.22. The Morgan fingerprint density at radius 3 is 3.33 bits per heavy atom. The Morgan fingerprint density at radius 1 is 1.75 bits per heavy atom. The molecule has 0 spiro atoms. The third-order valence-electron chi connectivity index (χ3n) is 1.98. The van der Waals surface area contributed by atoms with Crippen LogP contribution in [0.1, 0.15) is 11.3 Å². The molecule has 0 bridgehead atoms. The Hall–Kier alpha value is -1.52. The predicted octanol–water partition coefficient (Wildman–Crippen LogP) is 0.711. The highest BCUT2D eigenvalue weighted by atomic mass is 16.5. The summed E-state index contributed by atoms with van der Waals surface area (Å²) in [7, 11) is 0. The molecule has 0 saturated heterocycles. The van der Waals surface area contributed by atoms with Gasteiger partial charge in [0.15, 0.2) is 0 Å². The molecular weight excluding hydrogens is 160 g/mol. The maximum absolute atomic E-state index is 10.6. The van der Waals surface area contributed by atoms with E-state index in [1.165, 1.54) is 11.2 Å². The maximum Gasteiger partial charge on any atom is 0.407 e. The van der Waals surface area contributed by atoms with Crippen LogP contribution in [-0.2, 0) is 13.0 Å². The number of nitrogens with zero attached hydrogens (tertiary/aromatic N) is 2. The standard InChI is InChI=1S/C7H8N2O3/c10-7(11)9-2-1-6-5(3-9)4-12-8-6/h4H,1-3H2,(H,10,11). The number of rotatable bonds is 0. The molecule has 0 fully saturated rings. The predicted molar refractivity (Wildman–Crippen MR) is 38.6 cm³/mol. The SMILES string of the molecule is O=C(O)N1CCc2nocc2C1. The fourth-order valence-corrected chi connectivity index (χ4v) is 1.30. The van der Waals surface area contributed by atoms with Crippen LogP contribution in [0, 0.1) is 0 Å². The van der Waals surface area contributed by atoms with Gasteiger partial charge in [-0.05, 0) is 0 Å². The van der Waals surface area contributed by atoms with Crippen LogP contribution >= 0.6 is 0 Å². The second-order valence-corrected chi connectivity index (χ2v) is 2.74. The lowest BCUT2D eigenvalue weighted by atomic mass is 10.1. The molecule has 0 aromatic carbocycles. The van der Waals surface area contributed by atoms with Crippen molar-refractivity contribution < 1.29 is 14.4 Å². The van der Waals surface area contributed by atoms with Crippen molar-refractivity contribution in [2.45, 2.75) is 13.0 Å². The van der Waals surface area contributed by atoms with E-state index in [4.69, 9.17) is 9.63 Å². The second kappa shape index (κ2) is 2.51. The van der Waals surface area contributed by atoms with Gasteiger partial charge in [-0.1, -0.05) is 5.16 Å². The van der Waals surface area contributed by atoms with Gasteiger partial charge in [-0.3, -0.25) is 0 Å². The minimum Gasteiger partial charge on any atom is -0.465 e. The molecule has 0 unspecified atom stereocenters. The van der Waals surface area contributed by atoms with Crippen molar-refractivity contribution in [2.24, 2.45) is 0 Å². The van der Waals surface area contributed by atoms with Crippen LogP contribution in [-0.4, -0.2) is 27.8 Å². The molecule has 1 amide bonds. The summed E-state index contributed by atoms with van der Waals surface area (Å²) < 4.78 is 4.73. The molecule has 5 nitrogen and oxygen atoms in total. The second-order valence-electron chi connectivity index (χ2n) is 2.74. The molecule has 0 saturated carbocycles. The van der Waals surface area contributed by atoms with Gasteiger partial charge in [-0.2, -0.15) is 0 Å². The zero-order chi connectivity index (χ0) is 8.55. The third-order valence-corrected chi connectivity index (χ3v) is 1.98. The topological polar surface area (TPSA) is 66.6 Å². The van der Waals surface area contributed by atoms with Crippen LogP contribution < -0.4 is 0 Å². The summed E-state index contributed by atoms with van der Waals surface area (Å²) in [5.74, 6) is 0. The van der Waals surface area contributed by atoms with Crippen LogP contribution in [0.4, 0.5) is 4.79 Å². The molecule has 2 heterocycles. The summed E-state index contributed by atoms with van der Waals surface area (Å²) in [4.78, 5) is 11.9. The van der Waals surface area contributed by atoms with Gasteiger partial charge < -0.3 is 14.5 Å². The molecule has 2 rings (SSSR count). The van der Waals surface area contributed by atoms with E-state index in [2.05, 4.69) is 5.16 Å². The summed E-state index contributed by atoms with van der Waals surface area (Å²) in [6, 6.07) is 0. The van der Waals surface area contributed by atoms with Crippen LogP contribution in [0.2, 0.25) is 0 Å². The van der Waals surface area contributed by atoms with Crippen molar-refractivity contribution in [3.8, 4) is 0 Å². The summed E-state index contributed by atoms with van der Waals surface area (Å²) in [6.07, 6.45) is 1.27. The normalized spacial score (nSPS) is 15.8. The zero-order valence-electron chi connectivity index (χ0n) is 6.36. The zero-order valence-corrected chi connectivity index (χ0v) is 6.36. The Kier molecular flexibility index (Phi) is 1.49. The van der Waals surface area contributed by atoms with Gasteiger partial charge in [0, 0.05) is 18.5 Å². The Balaban J connectivity index is 2.20. The molecular formula is C7H8N2O3. The van der Waals surface area contributed by atoms with Crippen molar-refractivity contribution in [1.29, 1.82) is 0 Å². The molecule has 64 valence electrons. The average molecular weight is 168 g/mol. The number of hydrogen-bond acceptors (Lipinski definition) is 3. The summed E-state index contributed by atoms with van der Waals surface area (Å²) in [6.45, 7) is 0.906. The van der Waals surface area contributed by atoms with Gasteiger partial charge in [-0.15, -0.1) is 0 Å². The average Bonchev–Trinajstić information content (AvgIpc) is 2.49. The van der Waals surface area contributed by atoms with Gasteiger partial charge in [0.2, 0.25) is 0 Å². The number of aromatic nitrogens is 1. The Morgan fingerprint density at radius 2 is 2.58 bits per heavy atom. The van der Waals surface area contributed by atoms with Gasteiger partial charge in [-0.25, -0.2) is 4.79 Å². The fourth-order valence-electron chi connectivity index (χ4n) is 1.30. The van der Waals surface area contributed by atoms with Gasteiger partial charge in [0.05, 0.1) is 12.2 Å². The number of hydrogen-bond donors (Lipinski definition) is 1. The molecule has 1 aromatic rings. The molecule has 1 N–H and O–H groups in total. The molecule has 1 aliphatic rings. The molecule has 12 heavy (non-hydrogen) atoms. The van der Waals surface area contributed by atoms with E-state index in [9.17, 15) is 4.79 Å². The van der Waals surface area contributed by atoms with E-state index in [0.717, 1.165) is 11.3 Å². The molecule has 1 aliphatic heterocycles. The van der Waals surface area contributed by atoms with Crippen LogP contribution in [0.5, 0.6) is 0 Å². The van der Waals surface area contributed by atoms with Crippen molar-refractivity contribution in [1.82, 2.24) is 10.1 Å². The van der Waals surface area contributed by atoms with Gasteiger partial charge >= 0.3 is 6.09 Å². The summed E-state index contributed by atoms with van der Waals surface area (Å²) in [5, 5.41) is 12.4. The lowest BCUT2D eigenvalue weighted by Gasteiger charge is -2.22. The van der Waals surface area contributed by atoms with Crippen molar-refractivity contribution in [3.63, 3.8) is 0 Å². The fraction of sp³-hybridized carbons (Fsp3) is 0.429. The van der Waals surface area contributed by atoms with Crippen LogP contribution in [0.25, 0.3) is 0 Å². The third kappa shape index (κ3) is 1.03. The molecule has 0 aliphatic carbocycles. The van der Waals surface area contributed by atoms with E-state index in [-0.39, 0.29) is 0 Å². The van der Waals surface area contributed by atoms with E-state index < -0.39 is 6.09 Å². The summed E-state index contributed by atoms with van der Waals surface area (Å²) in [5.41, 5.74) is 1.76. The van der Waals surface area contributed by atoms with E-state index in [0.29, 0.717) is 19.5 Å². The van der Waals surface area contributed by atoms with Crippen molar-refractivity contribution >= 4 is 6.09 Å². The lowest BCUT2D eigenvalue weighted by molar-refractivity contribution is 0.140. The van der Waals surface area contributed by atoms with E-state index >= 15 is 0 Å². The highest BCUT2D eigenvalue weighted by Crippen LogP contribution is 2.16. The Labute approximate surface area is 68.6 Å². The van der Waals surface area contributed by atoms with Crippen LogP contribution in [0.3, 0.4) is 0 Å². The number of fused-ring (bicyclic) bond motifs is 1. The quantitative estimate of drug-likeness (QED) is 0.619. The van der Waals surface area contributed by atoms with Gasteiger partial charge in [0.25, 0.3) is 0 Å². The van der Waals surface area contributed by atoms with E-state index in [1.807, 2.05) is 0 Å². The minimum atomic E-state index is -0.887. The molecule has 1 aromatic heterocycles. The monoisotopic (exact) mass is 168 g/mol. The molecule has 0 atom stereocenters. The maximum atomic E-state index is 10.6. The van der Waals surface area contributed by atoms with E-state index in [1.54, 1.807) is 0 Å². The first-order chi connectivity index (χ1) is 5.77. The first-order valence-electron chi connectivity index (χ1n) is 3.67. The largest absolute Gasteiger partial charge is 0.465 e. The first kappa shape index (κ1) is 7.15. The van der Waals surface area contributed by atoms with Crippen LogP contribution in [0.15, 0.2) is 10.8 Å². The number of carbonyl (C=O) groups is 1. The number of amides is 1. The van der Waals surface area contributed by atoms with Gasteiger partial charge in [0.1, 0.15) is 6.26 Å². The van der Waals surface area contributed by atoms with Crippen molar-refractivity contribution in [2.75, 3.05) is 6.54 Å². The smallest absolute Gasteiger partial charge is 0.407 e. The molecule has 5 heteroatoms.